The number of nitrogens with zero attached hydrogens (tertiary/aromatic N) is 2. The molecular weight excluding hydrogens is 184 g/mol. The van der Waals surface area contributed by atoms with Gasteiger partial charge in [-0.15, -0.1) is 0 Å². The first kappa shape index (κ1) is 13.9. The van der Waals surface area contributed by atoms with E-state index >= 15 is 0 Å². The number of hydrogen-bond acceptors (Lipinski definition) is 2. The third kappa shape index (κ3) is 12.9. The molecule has 0 atom stereocenters. The summed E-state index contributed by atoms with van der Waals surface area (Å²) in [6, 6.07) is 0. The molecule has 0 aliphatic heterocycles. The highest BCUT2D eigenvalue weighted by molar-refractivity contribution is 5.71. The summed E-state index contributed by atoms with van der Waals surface area (Å²) >= 11 is 0. The summed E-state index contributed by atoms with van der Waals surface area (Å²) in [5.41, 5.74) is 0. The molecule has 2 nitrogen and oxygen atoms in total. The molecule has 0 spiro atoms. The molecule has 2 heteroatoms. The number of rotatable bonds is 8. The van der Waals surface area contributed by atoms with Crippen LogP contribution in [0.15, 0.2) is 29.4 Å². The minimum atomic E-state index is 1.19. The molecule has 0 aromatic heterocycles. The Morgan fingerprint density at radius 1 is 1.00 bits per heavy atom. The van der Waals surface area contributed by atoms with Crippen LogP contribution in [-0.2, 0) is 0 Å². The van der Waals surface area contributed by atoms with Gasteiger partial charge < -0.3 is 5.01 Å². The first-order valence-electron chi connectivity index (χ1n) is 5.80. The lowest BCUT2D eigenvalue weighted by Crippen LogP contribution is -2.00. The number of unbranched alkanes of at least 4 members (excludes halogenated alkanes) is 4. The zero-order chi connectivity index (χ0) is 11.4. The fourth-order valence-corrected chi connectivity index (χ4v) is 1.15. The van der Waals surface area contributed by atoms with Gasteiger partial charge in [0.05, 0.1) is 0 Å². The van der Waals surface area contributed by atoms with Crippen LogP contribution in [0, 0.1) is 0 Å². The van der Waals surface area contributed by atoms with Crippen LogP contribution in [0.4, 0.5) is 0 Å². The second-order valence-electron chi connectivity index (χ2n) is 3.77. The van der Waals surface area contributed by atoms with Crippen molar-refractivity contribution in [2.24, 2.45) is 5.10 Å². The Hall–Kier alpha value is -1.05. The summed E-state index contributed by atoms with van der Waals surface area (Å²) in [5, 5.41) is 5.85. The van der Waals surface area contributed by atoms with Gasteiger partial charge in [-0.25, -0.2) is 0 Å². The highest BCUT2D eigenvalue weighted by Crippen LogP contribution is 2.02. The second-order valence-corrected chi connectivity index (χ2v) is 3.77. The zero-order valence-electron chi connectivity index (χ0n) is 10.3. The van der Waals surface area contributed by atoms with Gasteiger partial charge in [-0.2, -0.15) is 5.10 Å². The zero-order valence-corrected chi connectivity index (χ0v) is 10.3. The first-order valence-corrected chi connectivity index (χ1v) is 5.80. The van der Waals surface area contributed by atoms with Crippen LogP contribution in [0.1, 0.15) is 39.0 Å². The fourth-order valence-electron chi connectivity index (χ4n) is 1.15. The number of allylic oxidation sites excluding steroid dienone is 4. The van der Waals surface area contributed by atoms with Gasteiger partial charge in [0.1, 0.15) is 0 Å². The van der Waals surface area contributed by atoms with Crippen molar-refractivity contribution in [2.45, 2.75) is 39.0 Å². The molecule has 0 fully saturated rings. The third-order valence-corrected chi connectivity index (χ3v) is 1.97. The molecule has 0 bridgehead atoms. The van der Waals surface area contributed by atoms with Gasteiger partial charge in [0.15, 0.2) is 0 Å². The Morgan fingerprint density at radius 3 is 2.47 bits per heavy atom. The molecule has 15 heavy (non-hydrogen) atoms. The van der Waals surface area contributed by atoms with Crippen LogP contribution in [0.3, 0.4) is 0 Å². The van der Waals surface area contributed by atoms with Crippen LogP contribution < -0.4 is 0 Å². The lowest BCUT2D eigenvalue weighted by molar-refractivity contribution is 0.440. The third-order valence-electron chi connectivity index (χ3n) is 1.97. The van der Waals surface area contributed by atoms with Crippen LogP contribution in [0.5, 0.6) is 0 Å². The summed E-state index contributed by atoms with van der Waals surface area (Å²) in [5.74, 6) is 0. The standard InChI is InChI=1S/C13H24N2/c1-4-5-6-7-8-9-10-11-12-13-14-15(2)3/h9-13H,4-8H2,1-3H3/b10-9+,12-11+,14-13+. The SMILES string of the molecule is CCCCCC/C=C/C=C/C=N/N(C)C. The van der Waals surface area contributed by atoms with Crippen molar-refractivity contribution in [3.8, 4) is 0 Å². The quantitative estimate of drug-likeness (QED) is 0.257. The molecule has 0 rings (SSSR count). The lowest BCUT2D eigenvalue weighted by atomic mass is 10.1. The Balaban J connectivity index is 3.37. The van der Waals surface area contributed by atoms with E-state index in [1.165, 1.54) is 32.1 Å². The van der Waals surface area contributed by atoms with E-state index < -0.39 is 0 Å². The molecule has 0 aliphatic carbocycles. The van der Waals surface area contributed by atoms with E-state index in [2.05, 4.69) is 24.2 Å². The van der Waals surface area contributed by atoms with E-state index in [0.717, 1.165) is 0 Å². The van der Waals surface area contributed by atoms with Crippen LogP contribution >= 0.6 is 0 Å². The summed E-state index contributed by atoms with van der Waals surface area (Å²) in [6.45, 7) is 2.24. The van der Waals surface area contributed by atoms with Crippen LogP contribution in [0.25, 0.3) is 0 Å². The molecule has 0 radical (unpaired) electrons. The average molecular weight is 208 g/mol. The van der Waals surface area contributed by atoms with Gasteiger partial charge in [-0.3, -0.25) is 0 Å². The lowest BCUT2D eigenvalue weighted by Gasteiger charge is -1.99. The summed E-state index contributed by atoms with van der Waals surface area (Å²) < 4.78 is 0. The second kappa shape index (κ2) is 11.0. The highest BCUT2D eigenvalue weighted by atomic mass is 15.4. The summed E-state index contributed by atoms with van der Waals surface area (Å²) in [4.78, 5) is 0. The van der Waals surface area contributed by atoms with Gasteiger partial charge in [0.2, 0.25) is 0 Å². The van der Waals surface area contributed by atoms with Crippen LogP contribution in [0.2, 0.25) is 0 Å². The van der Waals surface area contributed by atoms with E-state index in [1.54, 1.807) is 11.2 Å². The molecule has 0 aromatic rings. The topological polar surface area (TPSA) is 15.6 Å². The van der Waals surface area contributed by atoms with Gasteiger partial charge >= 0.3 is 0 Å². The Labute approximate surface area is 94.4 Å². The maximum atomic E-state index is 4.07. The molecule has 86 valence electrons. The fraction of sp³-hybridized carbons (Fsp3) is 0.615. The van der Waals surface area contributed by atoms with Crippen molar-refractivity contribution >= 4 is 6.21 Å². The van der Waals surface area contributed by atoms with Gasteiger partial charge in [-0.1, -0.05) is 44.4 Å². The molecule has 0 aromatic carbocycles. The molecule has 0 N–H and O–H groups in total. The minimum Gasteiger partial charge on any atom is -0.303 e. The van der Waals surface area contributed by atoms with E-state index in [9.17, 15) is 0 Å². The molecule has 0 aliphatic rings. The maximum Gasteiger partial charge on any atom is 0.0470 e. The first-order chi connectivity index (χ1) is 7.27. The number of hydrogen-bond donors (Lipinski definition) is 0. The Bertz CT molecular complexity index is 203. The highest BCUT2D eigenvalue weighted by Gasteiger charge is 1.82. The molecule has 0 saturated heterocycles. The van der Waals surface area contributed by atoms with Crippen molar-refractivity contribution in [3.05, 3.63) is 24.3 Å². The normalized spacial score (nSPS) is 12.2. The van der Waals surface area contributed by atoms with E-state index in [0.29, 0.717) is 0 Å². The maximum absolute atomic E-state index is 4.07. The van der Waals surface area contributed by atoms with Crippen molar-refractivity contribution in [2.75, 3.05) is 14.1 Å². The molecule has 0 unspecified atom stereocenters. The molecule has 0 heterocycles. The average Bonchev–Trinajstić information content (AvgIpc) is 2.20. The minimum absolute atomic E-state index is 1.19. The predicted molar refractivity (Wildman–Crippen MR) is 69.2 cm³/mol. The summed E-state index contributed by atoms with van der Waals surface area (Å²) in [7, 11) is 3.82. The largest absolute Gasteiger partial charge is 0.303 e. The van der Waals surface area contributed by atoms with Gasteiger partial charge in [0.25, 0.3) is 0 Å². The van der Waals surface area contributed by atoms with Gasteiger partial charge in [0, 0.05) is 20.3 Å². The van der Waals surface area contributed by atoms with Crippen molar-refractivity contribution in [3.63, 3.8) is 0 Å². The van der Waals surface area contributed by atoms with E-state index in [4.69, 9.17) is 0 Å². The predicted octanol–water partition coefficient (Wildman–Crippen LogP) is 3.62. The van der Waals surface area contributed by atoms with Crippen molar-refractivity contribution in [1.82, 2.24) is 5.01 Å². The molecule has 0 saturated carbocycles. The Morgan fingerprint density at radius 2 is 1.80 bits per heavy atom. The van der Waals surface area contributed by atoms with E-state index in [1.807, 2.05) is 26.2 Å². The smallest absolute Gasteiger partial charge is 0.0470 e. The molecule has 0 amide bonds. The van der Waals surface area contributed by atoms with Gasteiger partial charge in [-0.05, 0) is 18.9 Å². The summed E-state index contributed by atoms with van der Waals surface area (Å²) in [6.07, 6.45) is 16.6. The Kier molecular flexibility index (Phi) is 10.3. The van der Waals surface area contributed by atoms with Crippen LogP contribution in [-0.4, -0.2) is 25.3 Å². The molecular formula is C13H24N2. The number of hydrazone groups is 1. The van der Waals surface area contributed by atoms with Crippen molar-refractivity contribution < 1.29 is 0 Å². The van der Waals surface area contributed by atoms with Crippen molar-refractivity contribution in [1.29, 1.82) is 0 Å². The van der Waals surface area contributed by atoms with E-state index in [-0.39, 0.29) is 0 Å². The monoisotopic (exact) mass is 208 g/mol.